The molecular weight excluding hydrogens is 1260 g/mol. The first kappa shape index (κ1) is 94.1. The van der Waals surface area contributed by atoms with Gasteiger partial charge < -0.3 is 33.8 Å². The fourth-order valence-electron chi connectivity index (χ4n) is 11.7. The minimum absolute atomic E-state index is 0.106. The first-order valence-corrected chi connectivity index (χ1v) is 42.7. The predicted molar refractivity (Wildman–Crippen MR) is 391 cm³/mol. The maximum absolute atomic E-state index is 13.1. The maximum atomic E-state index is 13.1. The lowest BCUT2D eigenvalue weighted by atomic mass is 9.99. The van der Waals surface area contributed by atoms with Gasteiger partial charge >= 0.3 is 39.5 Å². The maximum Gasteiger partial charge on any atom is 0.472 e. The molecule has 0 aromatic rings. The summed E-state index contributed by atoms with van der Waals surface area (Å²) in [6.07, 6.45) is 51.2. The van der Waals surface area contributed by atoms with Crippen molar-refractivity contribution in [1.29, 1.82) is 0 Å². The number of esters is 4. The molecule has 0 aliphatic heterocycles. The van der Waals surface area contributed by atoms with Crippen molar-refractivity contribution in [2.24, 2.45) is 23.7 Å². The Bertz CT molecular complexity index is 1890. The molecule has 570 valence electrons. The third kappa shape index (κ3) is 69.2. The van der Waals surface area contributed by atoms with E-state index in [4.69, 9.17) is 37.0 Å². The Hall–Kier alpha value is -1.94. The quantitative estimate of drug-likeness (QED) is 0.0222. The SMILES string of the molecule is CCC(C)CCCCCCCCCCC(=O)OC[C@H](COP(=O)(O)OC[C@H](O)COP(=O)(O)OC[C@@H](COC(=O)CCCCCCCCCCCCCC(C)C)OC(=O)CCCCCCCCCCCCCCCC(C)C)OC(=O)CCCCCCCCCCCCCC(C)C. The van der Waals surface area contributed by atoms with Crippen LogP contribution in [0, 0.1) is 23.7 Å². The number of aliphatic hydroxyl groups is 1. The van der Waals surface area contributed by atoms with Crippen molar-refractivity contribution in [1.82, 2.24) is 0 Å². The summed E-state index contributed by atoms with van der Waals surface area (Å²) in [5.74, 6) is 0.982. The third-order valence-electron chi connectivity index (χ3n) is 18.2. The van der Waals surface area contributed by atoms with Crippen LogP contribution in [0.3, 0.4) is 0 Å². The number of unbranched alkanes of at least 4 members (excludes halogenated alkanes) is 39. The fraction of sp³-hybridized carbons (Fsp3) is 0.948. The van der Waals surface area contributed by atoms with Gasteiger partial charge in [0.2, 0.25) is 0 Å². The standard InChI is InChI=1S/C77H150O17P2/c1-9-70(8)56-48-40-32-27-28-34-42-50-58-75(80)88-64-73(94-77(82)60-52-44-36-26-20-14-17-23-31-39-47-55-69(6)7)66-92-96(85,86)90-62-71(78)61-89-95(83,84)91-65-72(63-87-74(79)57-49-41-33-24-19-13-16-22-30-38-46-54-68(4)5)93-76(81)59-51-43-35-25-18-12-10-11-15-21-29-37-45-53-67(2)3/h67-73,78H,9-66H2,1-8H3,(H,83,84)(H,85,86)/t70?,71-,72-,73-/m1/s1. The highest BCUT2D eigenvalue weighted by Crippen LogP contribution is 2.45. The minimum atomic E-state index is -4.96. The Morgan fingerprint density at radius 1 is 0.292 bits per heavy atom. The van der Waals surface area contributed by atoms with Crippen LogP contribution in [0.25, 0.3) is 0 Å². The van der Waals surface area contributed by atoms with Crippen molar-refractivity contribution in [3.05, 3.63) is 0 Å². The van der Waals surface area contributed by atoms with Gasteiger partial charge in [-0.05, 0) is 49.4 Å². The van der Waals surface area contributed by atoms with Crippen LogP contribution in [-0.2, 0) is 65.4 Å². The van der Waals surface area contributed by atoms with Gasteiger partial charge in [-0.25, -0.2) is 9.13 Å². The molecule has 3 N–H and O–H groups in total. The lowest BCUT2D eigenvalue weighted by Crippen LogP contribution is -2.30. The second-order valence-electron chi connectivity index (χ2n) is 29.4. The molecule has 0 aliphatic rings. The van der Waals surface area contributed by atoms with E-state index in [2.05, 4.69) is 55.4 Å². The van der Waals surface area contributed by atoms with E-state index < -0.39 is 97.5 Å². The van der Waals surface area contributed by atoms with E-state index in [0.29, 0.717) is 25.7 Å². The highest BCUT2D eigenvalue weighted by atomic mass is 31.2. The van der Waals surface area contributed by atoms with E-state index in [1.807, 2.05) is 0 Å². The van der Waals surface area contributed by atoms with Crippen LogP contribution >= 0.6 is 15.6 Å². The number of carbonyl (C=O) groups excluding carboxylic acids is 4. The van der Waals surface area contributed by atoms with Crippen molar-refractivity contribution in [2.75, 3.05) is 39.6 Å². The molecule has 96 heavy (non-hydrogen) atoms. The van der Waals surface area contributed by atoms with Crippen LogP contribution < -0.4 is 0 Å². The van der Waals surface area contributed by atoms with Gasteiger partial charge in [-0.15, -0.1) is 0 Å². The van der Waals surface area contributed by atoms with Crippen molar-refractivity contribution < 1.29 is 80.2 Å². The Kier molecular flexibility index (Phi) is 65.0. The average molecular weight is 1410 g/mol. The number of phosphoric acid groups is 2. The molecule has 19 heteroatoms. The summed E-state index contributed by atoms with van der Waals surface area (Å²) in [7, 11) is -9.92. The number of rotatable bonds is 74. The molecule has 6 atom stereocenters. The summed E-state index contributed by atoms with van der Waals surface area (Å²) in [6.45, 7) is 14.2. The largest absolute Gasteiger partial charge is 0.472 e. The molecule has 0 amide bonds. The second-order valence-corrected chi connectivity index (χ2v) is 32.3. The molecule has 0 bridgehead atoms. The molecule has 17 nitrogen and oxygen atoms in total. The van der Waals surface area contributed by atoms with E-state index in [-0.39, 0.29) is 25.7 Å². The monoisotopic (exact) mass is 1410 g/mol. The Labute approximate surface area is 588 Å². The summed E-state index contributed by atoms with van der Waals surface area (Å²) in [6, 6.07) is 0. The van der Waals surface area contributed by atoms with Crippen molar-refractivity contribution >= 4 is 39.5 Å². The molecule has 0 saturated heterocycles. The van der Waals surface area contributed by atoms with Crippen LogP contribution in [0.4, 0.5) is 0 Å². The molecule has 0 spiro atoms. The van der Waals surface area contributed by atoms with Gasteiger partial charge in [0.05, 0.1) is 26.4 Å². The molecule has 0 aromatic carbocycles. The summed E-state index contributed by atoms with van der Waals surface area (Å²) in [4.78, 5) is 72.9. The van der Waals surface area contributed by atoms with Crippen molar-refractivity contribution in [2.45, 2.75) is 408 Å². The zero-order valence-corrected chi connectivity index (χ0v) is 64.8. The topological polar surface area (TPSA) is 237 Å². The second kappa shape index (κ2) is 66.3. The van der Waals surface area contributed by atoms with E-state index >= 15 is 0 Å². The first-order valence-electron chi connectivity index (χ1n) is 39.7. The van der Waals surface area contributed by atoms with Gasteiger partial charge in [0.15, 0.2) is 12.2 Å². The lowest BCUT2D eigenvalue weighted by Gasteiger charge is -2.21. The number of carbonyl (C=O) groups is 4. The number of ether oxygens (including phenoxy) is 4. The van der Waals surface area contributed by atoms with Gasteiger partial charge in [-0.2, -0.15) is 0 Å². The summed E-state index contributed by atoms with van der Waals surface area (Å²) >= 11 is 0. The lowest BCUT2D eigenvalue weighted by molar-refractivity contribution is -0.161. The zero-order valence-electron chi connectivity index (χ0n) is 63.0. The third-order valence-corrected chi connectivity index (χ3v) is 20.1. The normalized spacial score (nSPS) is 14.4. The highest BCUT2D eigenvalue weighted by Gasteiger charge is 2.30. The van der Waals surface area contributed by atoms with Crippen LogP contribution in [0.15, 0.2) is 0 Å². The first-order chi connectivity index (χ1) is 46.1. The van der Waals surface area contributed by atoms with Crippen molar-refractivity contribution in [3.8, 4) is 0 Å². The number of hydrogen-bond donors (Lipinski definition) is 3. The van der Waals surface area contributed by atoms with Crippen LogP contribution in [0.2, 0.25) is 0 Å². The van der Waals surface area contributed by atoms with E-state index in [1.54, 1.807) is 0 Å². The Morgan fingerprint density at radius 2 is 0.500 bits per heavy atom. The van der Waals surface area contributed by atoms with Crippen LogP contribution in [-0.4, -0.2) is 96.7 Å². The summed E-state index contributed by atoms with van der Waals surface area (Å²) < 4.78 is 68.6. The van der Waals surface area contributed by atoms with E-state index in [9.17, 15) is 43.2 Å². The number of hydrogen-bond acceptors (Lipinski definition) is 15. The molecule has 3 unspecified atom stereocenters. The summed E-state index contributed by atoms with van der Waals surface area (Å²) in [5.41, 5.74) is 0. The zero-order chi connectivity index (χ0) is 71.0. The minimum Gasteiger partial charge on any atom is -0.462 e. The fourth-order valence-corrected chi connectivity index (χ4v) is 13.3. The molecule has 0 heterocycles. The summed E-state index contributed by atoms with van der Waals surface area (Å²) in [5, 5.41) is 10.6. The van der Waals surface area contributed by atoms with Gasteiger partial charge in [0.1, 0.15) is 19.3 Å². The molecule has 0 saturated carbocycles. The molecule has 0 fully saturated rings. The smallest absolute Gasteiger partial charge is 0.462 e. The molecule has 0 rings (SSSR count). The Morgan fingerprint density at radius 3 is 0.740 bits per heavy atom. The van der Waals surface area contributed by atoms with Gasteiger partial charge in [0.25, 0.3) is 0 Å². The number of phosphoric ester groups is 2. The Balaban J connectivity index is 5.28. The van der Waals surface area contributed by atoms with E-state index in [1.165, 1.54) is 193 Å². The van der Waals surface area contributed by atoms with Crippen molar-refractivity contribution in [3.63, 3.8) is 0 Å². The molecule has 0 aromatic heterocycles. The van der Waals surface area contributed by atoms with Gasteiger partial charge in [-0.3, -0.25) is 37.3 Å². The van der Waals surface area contributed by atoms with Gasteiger partial charge in [-0.1, -0.05) is 338 Å². The molecule has 0 aliphatic carbocycles. The van der Waals surface area contributed by atoms with Crippen LogP contribution in [0.1, 0.15) is 389 Å². The molecular formula is C77H150O17P2. The number of aliphatic hydroxyl groups excluding tert-OH is 1. The molecule has 0 radical (unpaired) electrons. The van der Waals surface area contributed by atoms with Gasteiger partial charge in [0, 0.05) is 25.7 Å². The predicted octanol–water partition coefficient (Wildman–Crippen LogP) is 22.4. The average Bonchev–Trinajstić information content (AvgIpc) is 1.56. The highest BCUT2D eigenvalue weighted by molar-refractivity contribution is 7.47. The van der Waals surface area contributed by atoms with Crippen LogP contribution in [0.5, 0.6) is 0 Å². The van der Waals surface area contributed by atoms with E-state index in [0.717, 1.165) is 114 Å².